The summed E-state index contributed by atoms with van der Waals surface area (Å²) in [5.41, 5.74) is 1.05. The molecule has 1 aliphatic rings. The van der Waals surface area contributed by atoms with E-state index in [0.717, 1.165) is 0 Å². The smallest absolute Gasteiger partial charge is 0.239 e. The summed E-state index contributed by atoms with van der Waals surface area (Å²) in [6.07, 6.45) is 0. The van der Waals surface area contributed by atoms with Crippen molar-refractivity contribution in [3.05, 3.63) is 18.2 Å². The summed E-state index contributed by atoms with van der Waals surface area (Å²) >= 11 is 0. The summed E-state index contributed by atoms with van der Waals surface area (Å²) in [5.74, 6) is -0.965. The van der Waals surface area contributed by atoms with E-state index in [2.05, 4.69) is 10.6 Å². The Morgan fingerprint density at radius 1 is 1.40 bits per heavy atom. The Kier molecular flexibility index (Phi) is 2.15. The molecule has 0 aromatic heterocycles. The molecule has 1 aromatic carbocycles. The van der Waals surface area contributed by atoms with Crippen LogP contribution in [0.5, 0.6) is 0 Å². The lowest BCUT2D eigenvalue weighted by molar-refractivity contribution is -0.114. The highest BCUT2D eigenvalue weighted by atomic mass is 32.2. The van der Waals surface area contributed by atoms with Gasteiger partial charge in [-0.05, 0) is 18.2 Å². The Morgan fingerprint density at radius 2 is 2.13 bits per heavy atom. The largest absolute Gasteiger partial charge is 0.388 e. The second-order valence-electron chi connectivity index (χ2n) is 3.27. The molecule has 2 rings (SSSR count). The van der Waals surface area contributed by atoms with Crippen molar-refractivity contribution in [2.45, 2.75) is 4.90 Å². The highest BCUT2D eigenvalue weighted by molar-refractivity contribution is 7.92. The van der Waals surface area contributed by atoms with Crippen molar-refractivity contribution >= 4 is 27.1 Å². The lowest BCUT2D eigenvalue weighted by Crippen LogP contribution is -2.29. The Bertz CT molecular complexity index is 522. The van der Waals surface area contributed by atoms with E-state index in [4.69, 9.17) is 0 Å². The number of fused-ring (bicyclic) bond motifs is 1. The molecule has 0 fully saturated rings. The molecule has 0 atom stereocenters. The molecule has 0 aliphatic carbocycles. The molecule has 5 nitrogen and oxygen atoms in total. The summed E-state index contributed by atoms with van der Waals surface area (Å²) < 4.78 is 23.3. The molecule has 15 heavy (non-hydrogen) atoms. The number of benzene rings is 1. The summed E-state index contributed by atoms with van der Waals surface area (Å²) in [6, 6.07) is 4.81. The number of anilines is 2. The standard InChI is InChI=1S/C9H10N2O3S/c1-10-6-2-3-7-8(4-6)15(13,14)5-9(12)11-7/h2-4,10H,5H2,1H3,(H,11,12). The molecule has 80 valence electrons. The molecular formula is C9H10N2O3S. The molecule has 0 saturated heterocycles. The number of carbonyl (C=O) groups is 1. The maximum atomic E-state index is 11.7. The van der Waals surface area contributed by atoms with Gasteiger partial charge in [-0.15, -0.1) is 0 Å². The van der Waals surface area contributed by atoms with Crippen LogP contribution >= 0.6 is 0 Å². The summed E-state index contributed by atoms with van der Waals surface area (Å²) in [5, 5.41) is 5.37. The molecule has 0 bridgehead atoms. The van der Waals surface area contributed by atoms with Crippen LogP contribution in [0, 0.1) is 0 Å². The number of nitrogens with one attached hydrogen (secondary N) is 2. The number of carbonyl (C=O) groups excluding carboxylic acids is 1. The molecule has 1 amide bonds. The monoisotopic (exact) mass is 226 g/mol. The zero-order valence-electron chi connectivity index (χ0n) is 8.07. The van der Waals surface area contributed by atoms with E-state index < -0.39 is 21.5 Å². The first kappa shape index (κ1) is 9.97. The van der Waals surface area contributed by atoms with Gasteiger partial charge in [0.25, 0.3) is 0 Å². The van der Waals surface area contributed by atoms with Gasteiger partial charge < -0.3 is 10.6 Å². The van der Waals surface area contributed by atoms with E-state index in [0.29, 0.717) is 11.4 Å². The molecule has 0 saturated carbocycles. The predicted molar refractivity (Wildman–Crippen MR) is 56.7 cm³/mol. The quantitative estimate of drug-likeness (QED) is 0.729. The summed E-state index contributed by atoms with van der Waals surface area (Å²) in [4.78, 5) is 11.3. The second kappa shape index (κ2) is 3.23. The maximum Gasteiger partial charge on any atom is 0.239 e. The Morgan fingerprint density at radius 3 is 2.80 bits per heavy atom. The van der Waals surface area contributed by atoms with Crippen molar-refractivity contribution in [2.75, 3.05) is 23.4 Å². The van der Waals surface area contributed by atoms with Gasteiger partial charge in [0.1, 0.15) is 5.75 Å². The first-order chi connectivity index (χ1) is 7.03. The second-order valence-corrected chi connectivity index (χ2v) is 5.23. The van der Waals surface area contributed by atoms with Gasteiger partial charge in [0, 0.05) is 12.7 Å². The zero-order chi connectivity index (χ0) is 11.1. The zero-order valence-corrected chi connectivity index (χ0v) is 8.89. The van der Waals surface area contributed by atoms with Crippen LogP contribution in [0.2, 0.25) is 0 Å². The van der Waals surface area contributed by atoms with Gasteiger partial charge in [-0.25, -0.2) is 8.42 Å². The third-order valence-electron chi connectivity index (χ3n) is 2.20. The van der Waals surface area contributed by atoms with Crippen LogP contribution in [0.15, 0.2) is 23.1 Å². The minimum atomic E-state index is -3.48. The molecule has 2 N–H and O–H groups in total. The fraction of sp³-hybridized carbons (Fsp3) is 0.222. The number of hydrogen-bond acceptors (Lipinski definition) is 4. The van der Waals surface area contributed by atoms with E-state index in [1.807, 2.05) is 0 Å². The molecular weight excluding hydrogens is 216 g/mol. The normalized spacial score (nSPS) is 17.8. The van der Waals surface area contributed by atoms with Gasteiger partial charge in [-0.2, -0.15) is 0 Å². The summed E-state index contributed by atoms with van der Waals surface area (Å²) in [7, 11) is -1.77. The first-order valence-electron chi connectivity index (χ1n) is 4.37. The van der Waals surface area contributed by atoms with E-state index in [-0.39, 0.29) is 4.90 Å². The molecule has 1 aromatic rings. The highest BCUT2D eigenvalue weighted by Gasteiger charge is 2.28. The highest BCUT2D eigenvalue weighted by Crippen LogP contribution is 2.29. The van der Waals surface area contributed by atoms with Gasteiger partial charge >= 0.3 is 0 Å². The van der Waals surface area contributed by atoms with Crippen molar-refractivity contribution < 1.29 is 13.2 Å². The van der Waals surface area contributed by atoms with Crippen LogP contribution in [0.3, 0.4) is 0 Å². The molecule has 0 spiro atoms. The molecule has 6 heteroatoms. The molecule has 1 aliphatic heterocycles. The summed E-state index contributed by atoms with van der Waals surface area (Å²) in [6.45, 7) is 0. The van der Waals surface area contributed by atoms with Crippen LogP contribution in [-0.4, -0.2) is 27.1 Å². The Hall–Kier alpha value is -1.56. The number of sulfone groups is 1. The van der Waals surface area contributed by atoms with Crippen LogP contribution < -0.4 is 10.6 Å². The van der Waals surface area contributed by atoms with Crippen molar-refractivity contribution in [3.63, 3.8) is 0 Å². The molecule has 0 radical (unpaired) electrons. The third-order valence-corrected chi connectivity index (χ3v) is 3.85. The molecule has 0 unspecified atom stereocenters. The number of amides is 1. The Balaban J connectivity index is 2.64. The van der Waals surface area contributed by atoms with Gasteiger partial charge in [0.2, 0.25) is 5.91 Å². The third kappa shape index (κ3) is 1.68. The fourth-order valence-corrected chi connectivity index (χ4v) is 2.81. The van der Waals surface area contributed by atoms with E-state index in [1.54, 1.807) is 19.2 Å². The van der Waals surface area contributed by atoms with Gasteiger partial charge in [-0.3, -0.25) is 4.79 Å². The first-order valence-corrected chi connectivity index (χ1v) is 6.02. The minimum absolute atomic E-state index is 0.175. The SMILES string of the molecule is CNc1ccc2c(c1)S(=O)(=O)CC(=O)N2. The Labute approximate surface area is 87.4 Å². The average molecular weight is 226 g/mol. The lowest BCUT2D eigenvalue weighted by atomic mass is 10.2. The predicted octanol–water partition coefficient (Wildman–Crippen LogP) is 0.454. The maximum absolute atomic E-state index is 11.7. The van der Waals surface area contributed by atoms with Gasteiger partial charge in [0.15, 0.2) is 9.84 Å². The van der Waals surface area contributed by atoms with E-state index >= 15 is 0 Å². The average Bonchev–Trinajstić information content (AvgIpc) is 2.16. The number of hydrogen-bond donors (Lipinski definition) is 2. The van der Waals surface area contributed by atoms with Gasteiger partial charge in [0.05, 0.1) is 10.6 Å². The van der Waals surface area contributed by atoms with Gasteiger partial charge in [-0.1, -0.05) is 0 Å². The van der Waals surface area contributed by atoms with E-state index in [9.17, 15) is 13.2 Å². The fourth-order valence-electron chi connectivity index (χ4n) is 1.48. The van der Waals surface area contributed by atoms with Crippen molar-refractivity contribution in [2.24, 2.45) is 0 Å². The minimum Gasteiger partial charge on any atom is -0.388 e. The van der Waals surface area contributed by atoms with Crippen LogP contribution in [0.25, 0.3) is 0 Å². The molecule has 1 heterocycles. The van der Waals surface area contributed by atoms with Crippen molar-refractivity contribution in [1.82, 2.24) is 0 Å². The topological polar surface area (TPSA) is 75.3 Å². The van der Waals surface area contributed by atoms with Crippen molar-refractivity contribution in [1.29, 1.82) is 0 Å². The number of rotatable bonds is 1. The van der Waals surface area contributed by atoms with Crippen molar-refractivity contribution in [3.8, 4) is 0 Å². The van der Waals surface area contributed by atoms with E-state index in [1.165, 1.54) is 6.07 Å². The van der Waals surface area contributed by atoms with Crippen LogP contribution in [-0.2, 0) is 14.6 Å². The van der Waals surface area contributed by atoms with Crippen LogP contribution in [0.1, 0.15) is 0 Å². The lowest BCUT2D eigenvalue weighted by Gasteiger charge is -2.17. The van der Waals surface area contributed by atoms with Crippen LogP contribution in [0.4, 0.5) is 11.4 Å².